The van der Waals surface area contributed by atoms with Crippen LogP contribution >= 0.6 is 0 Å². The first-order valence-electron chi connectivity index (χ1n) is 8.87. The van der Waals surface area contributed by atoms with E-state index in [4.69, 9.17) is 0 Å². The zero-order chi connectivity index (χ0) is 15.4. The molecule has 1 aromatic rings. The van der Waals surface area contributed by atoms with Crippen LogP contribution in [0.3, 0.4) is 0 Å². The zero-order valence-corrected chi connectivity index (χ0v) is 14.6. The Morgan fingerprint density at radius 2 is 1.57 bits per heavy atom. The molecule has 1 atom stereocenters. The largest absolute Gasteiger partial charge is 0.310 e. The van der Waals surface area contributed by atoms with Gasteiger partial charge >= 0.3 is 0 Å². The van der Waals surface area contributed by atoms with E-state index < -0.39 is 0 Å². The summed E-state index contributed by atoms with van der Waals surface area (Å²) in [4.78, 5) is 0. The maximum absolute atomic E-state index is 3.79. The normalized spacial score (nSPS) is 24.0. The second kappa shape index (κ2) is 7.45. The van der Waals surface area contributed by atoms with Gasteiger partial charge in [-0.3, -0.25) is 0 Å². The van der Waals surface area contributed by atoms with Gasteiger partial charge in [0.1, 0.15) is 0 Å². The molecule has 0 aliphatic heterocycles. The number of benzene rings is 1. The van der Waals surface area contributed by atoms with Crippen molar-refractivity contribution in [2.75, 3.05) is 6.54 Å². The van der Waals surface area contributed by atoms with Gasteiger partial charge in [-0.25, -0.2) is 0 Å². The molecule has 1 aromatic carbocycles. The number of nitrogens with one attached hydrogen (secondary N) is 1. The molecule has 21 heavy (non-hydrogen) atoms. The van der Waals surface area contributed by atoms with Crippen LogP contribution in [-0.4, -0.2) is 6.54 Å². The molecule has 1 N–H and O–H groups in total. The standard InChI is InChI=1S/C20H33N/c1-6-17-8-10-18(11-9-17)20(21-7-2)19-13-15(4)14(3)12-16(19)5/h12-13,17-18,20-21H,6-11H2,1-5H3. The fraction of sp³-hybridized carbons (Fsp3) is 0.700. The number of rotatable bonds is 5. The van der Waals surface area contributed by atoms with Crippen molar-refractivity contribution >= 4 is 0 Å². The molecule has 0 amide bonds. The van der Waals surface area contributed by atoms with Crippen molar-refractivity contribution in [3.8, 4) is 0 Å². The van der Waals surface area contributed by atoms with E-state index in [1.807, 2.05) is 0 Å². The molecule has 118 valence electrons. The molecular formula is C20H33N. The lowest BCUT2D eigenvalue weighted by molar-refractivity contribution is 0.219. The van der Waals surface area contributed by atoms with Crippen molar-refractivity contribution in [3.05, 3.63) is 34.4 Å². The number of hydrogen-bond acceptors (Lipinski definition) is 1. The second-order valence-electron chi connectivity index (χ2n) is 7.02. The van der Waals surface area contributed by atoms with Gasteiger partial charge < -0.3 is 5.32 Å². The Morgan fingerprint density at radius 1 is 0.952 bits per heavy atom. The van der Waals surface area contributed by atoms with Gasteiger partial charge in [-0.05, 0) is 74.2 Å². The predicted molar refractivity (Wildman–Crippen MR) is 92.8 cm³/mol. The SMILES string of the molecule is CCNC(c1cc(C)c(C)cc1C)C1CCC(CC)CC1. The van der Waals surface area contributed by atoms with Crippen molar-refractivity contribution in [3.63, 3.8) is 0 Å². The Hall–Kier alpha value is -0.820. The van der Waals surface area contributed by atoms with Crippen molar-refractivity contribution in [1.29, 1.82) is 0 Å². The van der Waals surface area contributed by atoms with Crippen molar-refractivity contribution in [2.24, 2.45) is 11.8 Å². The molecule has 1 saturated carbocycles. The summed E-state index contributed by atoms with van der Waals surface area (Å²) in [6.07, 6.45) is 6.99. The van der Waals surface area contributed by atoms with Gasteiger partial charge in [0.05, 0.1) is 0 Å². The van der Waals surface area contributed by atoms with Crippen LogP contribution in [0.4, 0.5) is 0 Å². The third kappa shape index (κ3) is 3.88. The third-order valence-electron chi connectivity index (χ3n) is 5.58. The van der Waals surface area contributed by atoms with Crippen LogP contribution in [0.25, 0.3) is 0 Å². The van der Waals surface area contributed by atoms with Crippen molar-refractivity contribution < 1.29 is 0 Å². The topological polar surface area (TPSA) is 12.0 Å². The quantitative estimate of drug-likeness (QED) is 0.756. The summed E-state index contributed by atoms with van der Waals surface area (Å²) < 4.78 is 0. The monoisotopic (exact) mass is 287 g/mol. The third-order valence-corrected chi connectivity index (χ3v) is 5.58. The summed E-state index contributed by atoms with van der Waals surface area (Å²) in [7, 11) is 0. The van der Waals surface area contributed by atoms with Crippen LogP contribution in [0.15, 0.2) is 12.1 Å². The van der Waals surface area contributed by atoms with Crippen LogP contribution in [0.5, 0.6) is 0 Å². The lowest BCUT2D eigenvalue weighted by atomic mass is 9.75. The molecule has 1 unspecified atom stereocenters. The Morgan fingerprint density at radius 3 is 2.14 bits per heavy atom. The van der Waals surface area contributed by atoms with E-state index in [1.54, 1.807) is 5.56 Å². The highest BCUT2D eigenvalue weighted by Crippen LogP contribution is 2.39. The highest BCUT2D eigenvalue weighted by Gasteiger charge is 2.28. The minimum absolute atomic E-state index is 0.548. The Bertz CT molecular complexity index is 455. The van der Waals surface area contributed by atoms with Crippen LogP contribution in [0.2, 0.25) is 0 Å². The highest BCUT2D eigenvalue weighted by molar-refractivity contribution is 5.38. The summed E-state index contributed by atoms with van der Waals surface area (Å²) >= 11 is 0. The van der Waals surface area contributed by atoms with Gasteiger partial charge in [0.15, 0.2) is 0 Å². The van der Waals surface area contributed by atoms with Gasteiger partial charge in [0.2, 0.25) is 0 Å². The maximum atomic E-state index is 3.79. The molecule has 2 rings (SSSR count). The lowest BCUT2D eigenvalue weighted by Gasteiger charge is -2.35. The van der Waals surface area contributed by atoms with Gasteiger partial charge in [0.25, 0.3) is 0 Å². The molecule has 1 aliphatic rings. The molecule has 1 nitrogen and oxygen atoms in total. The van der Waals surface area contributed by atoms with Crippen LogP contribution in [0, 0.1) is 32.6 Å². The van der Waals surface area contributed by atoms with Crippen LogP contribution < -0.4 is 5.32 Å². The van der Waals surface area contributed by atoms with Gasteiger partial charge in [-0.2, -0.15) is 0 Å². The molecule has 1 heteroatoms. The number of aryl methyl sites for hydroxylation is 3. The smallest absolute Gasteiger partial charge is 0.0351 e. The summed E-state index contributed by atoms with van der Waals surface area (Å²) in [5.74, 6) is 1.79. The van der Waals surface area contributed by atoms with E-state index in [0.29, 0.717) is 6.04 Å². The molecule has 0 spiro atoms. The average molecular weight is 287 g/mol. The van der Waals surface area contributed by atoms with Crippen molar-refractivity contribution in [2.45, 2.75) is 72.8 Å². The molecule has 0 bridgehead atoms. The number of hydrogen-bond donors (Lipinski definition) is 1. The van der Waals surface area contributed by atoms with E-state index >= 15 is 0 Å². The molecular weight excluding hydrogens is 254 g/mol. The zero-order valence-electron chi connectivity index (χ0n) is 14.6. The fourth-order valence-corrected chi connectivity index (χ4v) is 4.00. The fourth-order valence-electron chi connectivity index (χ4n) is 4.00. The summed E-state index contributed by atoms with van der Waals surface area (Å²) in [5.41, 5.74) is 5.85. The first-order valence-corrected chi connectivity index (χ1v) is 8.87. The molecule has 0 aromatic heterocycles. The van der Waals surface area contributed by atoms with Gasteiger partial charge in [0, 0.05) is 6.04 Å². The first kappa shape index (κ1) is 16.5. The Kier molecular flexibility index (Phi) is 5.87. The maximum Gasteiger partial charge on any atom is 0.0351 e. The molecule has 0 radical (unpaired) electrons. The summed E-state index contributed by atoms with van der Waals surface area (Å²) in [6, 6.07) is 5.35. The molecule has 0 heterocycles. The minimum Gasteiger partial charge on any atom is -0.310 e. The van der Waals surface area contributed by atoms with Crippen LogP contribution in [-0.2, 0) is 0 Å². The minimum atomic E-state index is 0.548. The van der Waals surface area contributed by atoms with E-state index in [2.05, 4.69) is 52.1 Å². The van der Waals surface area contributed by atoms with Gasteiger partial charge in [-0.15, -0.1) is 0 Å². The van der Waals surface area contributed by atoms with Crippen molar-refractivity contribution in [1.82, 2.24) is 5.32 Å². The molecule has 1 aliphatic carbocycles. The summed E-state index contributed by atoms with van der Waals surface area (Å²) in [5, 5.41) is 3.79. The van der Waals surface area contributed by atoms with E-state index in [0.717, 1.165) is 18.4 Å². The Balaban J connectivity index is 2.21. The summed E-state index contributed by atoms with van der Waals surface area (Å²) in [6.45, 7) is 12.4. The van der Waals surface area contributed by atoms with E-state index in [-0.39, 0.29) is 0 Å². The highest BCUT2D eigenvalue weighted by atomic mass is 14.9. The second-order valence-corrected chi connectivity index (χ2v) is 7.02. The average Bonchev–Trinajstić information content (AvgIpc) is 2.49. The van der Waals surface area contributed by atoms with E-state index in [1.165, 1.54) is 48.8 Å². The van der Waals surface area contributed by atoms with E-state index in [9.17, 15) is 0 Å². The van der Waals surface area contributed by atoms with Crippen LogP contribution in [0.1, 0.15) is 74.2 Å². The predicted octanol–water partition coefficient (Wildman–Crippen LogP) is 5.48. The Labute approximate surface area is 131 Å². The van der Waals surface area contributed by atoms with Gasteiger partial charge in [-0.1, -0.05) is 45.2 Å². The lowest BCUT2D eigenvalue weighted by Crippen LogP contribution is -2.31. The molecule has 0 saturated heterocycles. The molecule has 1 fully saturated rings. The first-order chi connectivity index (χ1) is 10.1.